The summed E-state index contributed by atoms with van der Waals surface area (Å²) in [6.07, 6.45) is 5.52. The number of nitrogens with zero attached hydrogens (tertiary/aromatic N) is 1. The first-order valence-electron chi connectivity index (χ1n) is 5.94. The summed E-state index contributed by atoms with van der Waals surface area (Å²) in [5, 5.41) is 13.6. The van der Waals surface area contributed by atoms with Gasteiger partial charge in [-0.1, -0.05) is 0 Å². The van der Waals surface area contributed by atoms with E-state index < -0.39 is 0 Å². The molecule has 82 valence electrons. The fraction of sp³-hybridized carbons (Fsp3) is 1.00. The van der Waals surface area contributed by atoms with Crippen molar-refractivity contribution in [3.63, 3.8) is 0 Å². The molecule has 3 heteroatoms. The minimum atomic E-state index is -0.367. The van der Waals surface area contributed by atoms with Crippen LogP contribution in [-0.2, 0) is 0 Å². The van der Waals surface area contributed by atoms with Gasteiger partial charge in [0.15, 0.2) is 0 Å². The monoisotopic (exact) mass is 198 g/mol. The highest BCUT2D eigenvalue weighted by molar-refractivity contribution is 4.85. The van der Waals surface area contributed by atoms with E-state index in [9.17, 15) is 5.11 Å². The Hall–Kier alpha value is -0.120. The molecule has 2 saturated heterocycles. The summed E-state index contributed by atoms with van der Waals surface area (Å²) in [6, 6.07) is 0. The third-order valence-corrected chi connectivity index (χ3v) is 3.63. The van der Waals surface area contributed by atoms with Crippen LogP contribution < -0.4 is 5.32 Å². The van der Waals surface area contributed by atoms with Crippen LogP contribution in [0.25, 0.3) is 0 Å². The van der Waals surface area contributed by atoms with E-state index >= 15 is 0 Å². The SMILES string of the molecule is OC1(CCN2CCCC2)CCNCC1. The van der Waals surface area contributed by atoms with Gasteiger partial charge >= 0.3 is 0 Å². The van der Waals surface area contributed by atoms with Crippen LogP contribution in [0.5, 0.6) is 0 Å². The van der Waals surface area contributed by atoms with Crippen LogP contribution in [0.4, 0.5) is 0 Å². The zero-order valence-electron chi connectivity index (χ0n) is 8.97. The van der Waals surface area contributed by atoms with Crippen LogP contribution in [0.3, 0.4) is 0 Å². The molecule has 0 aromatic heterocycles. The predicted molar refractivity (Wildman–Crippen MR) is 57.3 cm³/mol. The topological polar surface area (TPSA) is 35.5 Å². The summed E-state index contributed by atoms with van der Waals surface area (Å²) in [6.45, 7) is 5.55. The summed E-state index contributed by atoms with van der Waals surface area (Å²) in [4.78, 5) is 2.49. The molecule has 2 aliphatic rings. The van der Waals surface area contributed by atoms with E-state index in [-0.39, 0.29) is 5.60 Å². The van der Waals surface area contributed by atoms with E-state index in [1.54, 1.807) is 0 Å². The van der Waals surface area contributed by atoms with Gasteiger partial charge in [-0.15, -0.1) is 0 Å². The van der Waals surface area contributed by atoms with E-state index in [2.05, 4.69) is 10.2 Å². The quantitative estimate of drug-likeness (QED) is 0.696. The Labute approximate surface area is 86.5 Å². The number of nitrogens with one attached hydrogen (secondary N) is 1. The Kier molecular flexibility index (Phi) is 3.42. The van der Waals surface area contributed by atoms with E-state index in [0.717, 1.165) is 38.9 Å². The van der Waals surface area contributed by atoms with Crippen LogP contribution in [0, 0.1) is 0 Å². The van der Waals surface area contributed by atoms with Crippen molar-refractivity contribution in [1.82, 2.24) is 10.2 Å². The van der Waals surface area contributed by atoms with Gasteiger partial charge in [-0.2, -0.15) is 0 Å². The van der Waals surface area contributed by atoms with Gasteiger partial charge in [0.25, 0.3) is 0 Å². The Morgan fingerprint density at radius 2 is 1.79 bits per heavy atom. The lowest BCUT2D eigenvalue weighted by Gasteiger charge is -2.33. The highest BCUT2D eigenvalue weighted by Gasteiger charge is 2.29. The lowest BCUT2D eigenvalue weighted by Crippen LogP contribution is -2.43. The van der Waals surface area contributed by atoms with Crippen LogP contribution in [0.15, 0.2) is 0 Å². The summed E-state index contributed by atoms with van der Waals surface area (Å²) in [5.41, 5.74) is -0.367. The van der Waals surface area contributed by atoms with Gasteiger partial charge < -0.3 is 15.3 Å². The Morgan fingerprint density at radius 3 is 2.43 bits per heavy atom. The molecule has 0 saturated carbocycles. The number of rotatable bonds is 3. The molecule has 0 amide bonds. The van der Waals surface area contributed by atoms with Crippen molar-refractivity contribution in [2.45, 2.75) is 37.7 Å². The average Bonchev–Trinajstić information content (AvgIpc) is 2.69. The molecule has 2 heterocycles. The molecule has 14 heavy (non-hydrogen) atoms. The molecule has 2 aliphatic heterocycles. The van der Waals surface area contributed by atoms with Crippen LogP contribution in [-0.4, -0.2) is 48.3 Å². The Bertz CT molecular complexity index is 172. The van der Waals surface area contributed by atoms with E-state index in [0.29, 0.717) is 0 Å². The first-order valence-corrected chi connectivity index (χ1v) is 5.94. The number of piperidine rings is 1. The van der Waals surface area contributed by atoms with Crippen molar-refractivity contribution in [3.05, 3.63) is 0 Å². The third kappa shape index (κ3) is 2.69. The fourth-order valence-corrected chi connectivity index (χ4v) is 2.51. The van der Waals surface area contributed by atoms with Crippen molar-refractivity contribution in [1.29, 1.82) is 0 Å². The molecule has 0 radical (unpaired) electrons. The normalized spacial score (nSPS) is 28.1. The molecule has 0 atom stereocenters. The van der Waals surface area contributed by atoms with Gasteiger partial charge in [-0.05, 0) is 58.3 Å². The molecule has 0 aromatic rings. The lowest BCUT2D eigenvalue weighted by molar-refractivity contribution is -0.00407. The number of hydrogen-bond acceptors (Lipinski definition) is 3. The largest absolute Gasteiger partial charge is 0.390 e. The van der Waals surface area contributed by atoms with Crippen LogP contribution in [0.2, 0.25) is 0 Å². The van der Waals surface area contributed by atoms with Gasteiger partial charge in [0, 0.05) is 6.54 Å². The molecule has 2 N–H and O–H groups in total. The second kappa shape index (κ2) is 4.60. The molecule has 3 nitrogen and oxygen atoms in total. The molecule has 0 aliphatic carbocycles. The van der Waals surface area contributed by atoms with Crippen molar-refractivity contribution >= 4 is 0 Å². The maximum atomic E-state index is 10.3. The molecular formula is C11H22N2O. The zero-order valence-corrected chi connectivity index (χ0v) is 8.97. The Morgan fingerprint density at radius 1 is 1.14 bits per heavy atom. The van der Waals surface area contributed by atoms with Gasteiger partial charge in [-0.3, -0.25) is 0 Å². The van der Waals surface area contributed by atoms with Crippen molar-refractivity contribution in [3.8, 4) is 0 Å². The lowest BCUT2D eigenvalue weighted by atomic mass is 9.89. The number of likely N-dealkylation sites (tertiary alicyclic amines) is 1. The summed E-state index contributed by atoms with van der Waals surface area (Å²) in [7, 11) is 0. The minimum Gasteiger partial charge on any atom is -0.390 e. The van der Waals surface area contributed by atoms with E-state index in [4.69, 9.17) is 0 Å². The molecule has 0 unspecified atom stereocenters. The second-order valence-corrected chi connectivity index (χ2v) is 4.77. The van der Waals surface area contributed by atoms with Gasteiger partial charge in [0.1, 0.15) is 0 Å². The van der Waals surface area contributed by atoms with Crippen LogP contribution in [0.1, 0.15) is 32.1 Å². The van der Waals surface area contributed by atoms with Crippen LogP contribution >= 0.6 is 0 Å². The second-order valence-electron chi connectivity index (χ2n) is 4.77. The predicted octanol–water partition coefficient (Wildman–Crippen LogP) is 0.587. The summed E-state index contributed by atoms with van der Waals surface area (Å²) in [5.74, 6) is 0. The van der Waals surface area contributed by atoms with Crippen molar-refractivity contribution in [2.75, 3.05) is 32.7 Å². The molecule has 2 fully saturated rings. The summed E-state index contributed by atoms with van der Waals surface area (Å²) >= 11 is 0. The highest BCUT2D eigenvalue weighted by atomic mass is 16.3. The summed E-state index contributed by atoms with van der Waals surface area (Å²) < 4.78 is 0. The molecule has 0 aromatic carbocycles. The maximum absolute atomic E-state index is 10.3. The number of hydrogen-bond donors (Lipinski definition) is 2. The molecule has 0 bridgehead atoms. The zero-order chi connectivity index (χ0) is 9.86. The third-order valence-electron chi connectivity index (χ3n) is 3.63. The van der Waals surface area contributed by atoms with Crippen molar-refractivity contribution < 1.29 is 5.11 Å². The molecule has 2 rings (SSSR count). The van der Waals surface area contributed by atoms with Crippen molar-refractivity contribution in [2.24, 2.45) is 0 Å². The smallest absolute Gasteiger partial charge is 0.0684 e. The standard InChI is InChI=1S/C11H22N2O/c14-11(3-6-12-7-4-11)5-10-13-8-1-2-9-13/h12,14H,1-10H2. The first kappa shape index (κ1) is 10.4. The van der Waals surface area contributed by atoms with Gasteiger partial charge in [-0.25, -0.2) is 0 Å². The molecular weight excluding hydrogens is 176 g/mol. The highest BCUT2D eigenvalue weighted by Crippen LogP contribution is 2.23. The number of aliphatic hydroxyl groups is 1. The minimum absolute atomic E-state index is 0.367. The fourth-order valence-electron chi connectivity index (χ4n) is 2.51. The van der Waals surface area contributed by atoms with E-state index in [1.807, 2.05) is 0 Å². The molecule has 0 spiro atoms. The average molecular weight is 198 g/mol. The Balaban J connectivity index is 1.72. The van der Waals surface area contributed by atoms with Gasteiger partial charge in [0.05, 0.1) is 5.60 Å². The van der Waals surface area contributed by atoms with Gasteiger partial charge in [0.2, 0.25) is 0 Å². The first-order chi connectivity index (χ1) is 6.79. The van der Waals surface area contributed by atoms with E-state index in [1.165, 1.54) is 25.9 Å². The maximum Gasteiger partial charge on any atom is 0.0684 e.